The molecule has 0 aliphatic rings. The van der Waals surface area contributed by atoms with Crippen LogP contribution in [0.4, 0.5) is 5.00 Å². The van der Waals surface area contributed by atoms with Crippen LogP contribution in [0.25, 0.3) is 0 Å². The third kappa shape index (κ3) is 6.14. The molecular formula is C23H28N4O4S2. The van der Waals surface area contributed by atoms with E-state index in [1.165, 1.54) is 30.2 Å². The molecule has 1 unspecified atom stereocenters. The first kappa shape index (κ1) is 24.8. The van der Waals surface area contributed by atoms with Crippen molar-refractivity contribution >= 4 is 40.0 Å². The summed E-state index contributed by atoms with van der Waals surface area (Å²) < 4.78 is 12.8. The van der Waals surface area contributed by atoms with Gasteiger partial charge in [0, 0.05) is 11.4 Å². The zero-order chi connectivity index (χ0) is 24.0. The summed E-state index contributed by atoms with van der Waals surface area (Å²) in [5, 5.41) is 12.5. The quantitative estimate of drug-likeness (QED) is 0.321. The van der Waals surface area contributed by atoms with Gasteiger partial charge in [-0.25, -0.2) is 4.79 Å². The van der Waals surface area contributed by atoms with E-state index in [9.17, 15) is 9.59 Å². The average Bonchev–Trinajstić information content (AvgIpc) is 3.40. The fourth-order valence-corrected chi connectivity index (χ4v) is 5.02. The van der Waals surface area contributed by atoms with E-state index in [0.29, 0.717) is 28.1 Å². The molecule has 0 saturated heterocycles. The van der Waals surface area contributed by atoms with Gasteiger partial charge < -0.3 is 19.4 Å². The van der Waals surface area contributed by atoms with E-state index >= 15 is 0 Å². The van der Waals surface area contributed by atoms with Gasteiger partial charge in [-0.15, -0.1) is 21.5 Å². The van der Waals surface area contributed by atoms with Crippen LogP contribution in [0, 0.1) is 6.92 Å². The maximum atomic E-state index is 12.6. The molecule has 2 heterocycles. The summed E-state index contributed by atoms with van der Waals surface area (Å²) in [6.45, 7) is 8.57. The van der Waals surface area contributed by atoms with Gasteiger partial charge in [-0.3, -0.25) is 4.79 Å². The highest BCUT2D eigenvalue weighted by Crippen LogP contribution is 2.30. The van der Waals surface area contributed by atoms with Crippen LogP contribution in [0.5, 0.6) is 5.75 Å². The molecule has 3 rings (SSSR count). The highest BCUT2D eigenvalue weighted by Gasteiger charge is 2.21. The normalized spacial score (nSPS) is 11.8. The minimum Gasteiger partial charge on any atom is -0.483 e. The number of nitrogens with zero attached hydrogens (tertiary/aromatic N) is 3. The number of rotatable bonds is 10. The fourth-order valence-electron chi connectivity index (χ4n) is 3.21. The third-order valence-electron chi connectivity index (χ3n) is 4.85. The van der Waals surface area contributed by atoms with Crippen molar-refractivity contribution in [3.63, 3.8) is 0 Å². The van der Waals surface area contributed by atoms with E-state index in [2.05, 4.69) is 15.5 Å². The number of carbonyl (C=O) groups excluding carboxylic acids is 2. The molecule has 0 radical (unpaired) electrons. The van der Waals surface area contributed by atoms with Crippen LogP contribution >= 0.6 is 23.1 Å². The molecule has 1 amide bonds. The van der Waals surface area contributed by atoms with Gasteiger partial charge in [-0.05, 0) is 51.0 Å². The van der Waals surface area contributed by atoms with Crippen LogP contribution in [0.15, 0.2) is 35.5 Å². The maximum Gasteiger partial charge on any atom is 0.340 e. The van der Waals surface area contributed by atoms with E-state index in [0.717, 1.165) is 22.6 Å². The number of aromatic nitrogens is 3. The fraction of sp³-hybridized carbons (Fsp3) is 0.391. The first-order valence-corrected chi connectivity index (χ1v) is 12.5. The number of ether oxygens (including phenoxy) is 2. The summed E-state index contributed by atoms with van der Waals surface area (Å²) >= 11 is 2.67. The number of carbonyl (C=O) groups is 2. The second-order valence-corrected chi connectivity index (χ2v) is 9.38. The minimum atomic E-state index is -0.466. The Labute approximate surface area is 201 Å². The summed E-state index contributed by atoms with van der Waals surface area (Å²) in [5.74, 6) is 0.898. The molecule has 1 aromatic carbocycles. The molecule has 0 saturated carbocycles. The number of thioether (sulfide) groups is 1. The highest BCUT2D eigenvalue weighted by atomic mass is 32.2. The summed E-state index contributed by atoms with van der Waals surface area (Å²) in [5.41, 5.74) is 1.49. The zero-order valence-corrected chi connectivity index (χ0v) is 21.0. The van der Waals surface area contributed by atoms with Gasteiger partial charge in [0.2, 0.25) is 5.91 Å². The van der Waals surface area contributed by atoms with Crippen LogP contribution < -0.4 is 10.1 Å². The lowest BCUT2D eigenvalue weighted by molar-refractivity contribution is -0.113. The van der Waals surface area contributed by atoms with E-state index in [1.807, 2.05) is 56.5 Å². The zero-order valence-electron chi connectivity index (χ0n) is 19.4. The van der Waals surface area contributed by atoms with E-state index in [-0.39, 0.29) is 17.8 Å². The lowest BCUT2D eigenvalue weighted by Gasteiger charge is -2.16. The summed E-state index contributed by atoms with van der Waals surface area (Å²) in [6, 6.07) is 9.60. The standard InChI is InChI=1S/C23H28N4O4S2/c1-6-17-12-18(22(29)30-5)21(33-17)24-19(28)13-32-23-26-25-20(27(23)7-2)15(4)31-16-10-8-9-14(3)11-16/h8-12,15H,6-7,13H2,1-5H3,(H,24,28). The van der Waals surface area contributed by atoms with Gasteiger partial charge in [0.05, 0.1) is 18.4 Å². The smallest absolute Gasteiger partial charge is 0.340 e. The predicted molar refractivity (Wildman–Crippen MR) is 130 cm³/mol. The Morgan fingerprint density at radius 1 is 1.24 bits per heavy atom. The van der Waals surface area contributed by atoms with E-state index < -0.39 is 5.97 Å². The van der Waals surface area contributed by atoms with Crippen LogP contribution in [-0.4, -0.2) is 39.5 Å². The Hall–Kier alpha value is -2.85. The maximum absolute atomic E-state index is 12.6. The molecule has 0 spiro atoms. The lowest BCUT2D eigenvalue weighted by Crippen LogP contribution is -2.16. The van der Waals surface area contributed by atoms with Crippen molar-refractivity contribution in [2.45, 2.75) is 51.9 Å². The van der Waals surface area contributed by atoms with Crippen molar-refractivity contribution in [2.75, 3.05) is 18.2 Å². The van der Waals surface area contributed by atoms with E-state index in [1.54, 1.807) is 6.07 Å². The van der Waals surface area contributed by atoms with Gasteiger partial charge in [0.15, 0.2) is 17.1 Å². The van der Waals surface area contributed by atoms with Crippen LogP contribution in [-0.2, 0) is 22.5 Å². The Bertz CT molecular complexity index is 1130. The Balaban J connectivity index is 1.66. The number of amides is 1. The summed E-state index contributed by atoms with van der Waals surface area (Å²) in [6.07, 6.45) is 0.466. The number of esters is 1. The second-order valence-electron chi connectivity index (χ2n) is 7.30. The number of hydrogen-bond donors (Lipinski definition) is 1. The van der Waals surface area contributed by atoms with Gasteiger partial charge in [0.1, 0.15) is 10.8 Å². The molecule has 8 nitrogen and oxygen atoms in total. The Kier molecular flexibility index (Phi) is 8.51. The molecule has 0 aliphatic heterocycles. The predicted octanol–water partition coefficient (Wildman–Crippen LogP) is 4.89. The monoisotopic (exact) mass is 488 g/mol. The molecule has 0 aliphatic carbocycles. The van der Waals surface area contributed by atoms with Crippen molar-refractivity contribution in [1.82, 2.24) is 14.8 Å². The number of anilines is 1. The van der Waals surface area contributed by atoms with Crippen molar-refractivity contribution < 1.29 is 19.1 Å². The van der Waals surface area contributed by atoms with E-state index in [4.69, 9.17) is 9.47 Å². The molecular weight excluding hydrogens is 460 g/mol. The van der Waals surface area contributed by atoms with Crippen LogP contribution in [0.1, 0.15) is 53.5 Å². The van der Waals surface area contributed by atoms with Crippen LogP contribution in [0.3, 0.4) is 0 Å². The molecule has 0 bridgehead atoms. The van der Waals surface area contributed by atoms with Gasteiger partial charge in [-0.2, -0.15) is 0 Å². The average molecular weight is 489 g/mol. The molecule has 3 aromatic rings. The Morgan fingerprint density at radius 3 is 2.70 bits per heavy atom. The van der Waals surface area contributed by atoms with Crippen LogP contribution in [0.2, 0.25) is 0 Å². The number of nitrogens with one attached hydrogen (secondary N) is 1. The molecule has 1 N–H and O–H groups in total. The largest absolute Gasteiger partial charge is 0.483 e. The molecule has 176 valence electrons. The second kappa shape index (κ2) is 11.3. The van der Waals surface area contributed by atoms with Crippen molar-refractivity contribution in [3.8, 4) is 5.75 Å². The lowest BCUT2D eigenvalue weighted by atomic mass is 10.2. The van der Waals surface area contributed by atoms with Crippen molar-refractivity contribution in [3.05, 3.63) is 52.2 Å². The van der Waals surface area contributed by atoms with Crippen molar-refractivity contribution in [2.24, 2.45) is 0 Å². The van der Waals surface area contributed by atoms with Crippen molar-refractivity contribution in [1.29, 1.82) is 0 Å². The minimum absolute atomic E-state index is 0.130. The van der Waals surface area contributed by atoms with Gasteiger partial charge >= 0.3 is 5.97 Å². The molecule has 1 atom stereocenters. The summed E-state index contributed by atoms with van der Waals surface area (Å²) in [7, 11) is 1.33. The molecule has 33 heavy (non-hydrogen) atoms. The van der Waals surface area contributed by atoms with Gasteiger partial charge in [-0.1, -0.05) is 30.8 Å². The SMILES string of the molecule is CCc1cc(C(=O)OC)c(NC(=O)CSc2nnc(C(C)Oc3cccc(C)c3)n2CC)s1. The molecule has 0 fully saturated rings. The number of methoxy groups -OCH3 is 1. The molecule has 10 heteroatoms. The Morgan fingerprint density at radius 2 is 2.03 bits per heavy atom. The first-order valence-electron chi connectivity index (χ1n) is 10.7. The molecule has 2 aromatic heterocycles. The number of thiophene rings is 1. The topological polar surface area (TPSA) is 95.3 Å². The highest BCUT2D eigenvalue weighted by molar-refractivity contribution is 7.99. The number of benzene rings is 1. The summed E-state index contributed by atoms with van der Waals surface area (Å²) in [4.78, 5) is 25.6. The van der Waals surface area contributed by atoms with Gasteiger partial charge in [0.25, 0.3) is 0 Å². The number of aryl methyl sites for hydroxylation is 2. The first-order chi connectivity index (χ1) is 15.9. The third-order valence-corrected chi connectivity index (χ3v) is 7.01. The number of hydrogen-bond acceptors (Lipinski definition) is 8.